The van der Waals surface area contributed by atoms with Crippen LogP contribution in [0.3, 0.4) is 0 Å². The van der Waals surface area contributed by atoms with Gasteiger partial charge in [0.1, 0.15) is 11.5 Å². The van der Waals surface area contributed by atoms with Crippen molar-refractivity contribution >= 4 is 29.2 Å². The molecule has 0 bridgehead atoms. The first kappa shape index (κ1) is 32.3. The fraction of sp³-hybridized carbons (Fsp3) is 0.179. The van der Waals surface area contributed by atoms with Gasteiger partial charge in [0.05, 0.1) is 18.0 Å². The number of carboxylic acid groups (broad SMARTS) is 1. The molecule has 1 unspecified atom stereocenters. The summed E-state index contributed by atoms with van der Waals surface area (Å²) in [5.41, 5.74) is 5.74. The predicted molar refractivity (Wildman–Crippen MR) is 185 cm³/mol. The molecule has 1 amide bonds. The van der Waals surface area contributed by atoms with Crippen LogP contribution in [0.2, 0.25) is 5.02 Å². The fourth-order valence-corrected chi connectivity index (χ4v) is 5.32. The predicted octanol–water partition coefficient (Wildman–Crippen LogP) is 9.65. The van der Waals surface area contributed by atoms with Crippen molar-refractivity contribution in [1.29, 1.82) is 0 Å². The van der Waals surface area contributed by atoms with Gasteiger partial charge in [0.2, 0.25) is 0 Å². The first-order valence-electron chi connectivity index (χ1n) is 15.1. The quantitative estimate of drug-likeness (QED) is 0.135. The average molecular weight is 633 g/mol. The van der Waals surface area contributed by atoms with Crippen molar-refractivity contribution in [2.24, 2.45) is 0 Å². The van der Waals surface area contributed by atoms with E-state index in [-0.39, 0.29) is 11.8 Å². The Morgan fingerprint density at radius 1 is 0.826 bits per heavy atom. The number of carboxylic acids is 1. The number of nitrogens with one attached hydrogen (secondary N) is 2. The van der Waals surface area contributed by atoms with Crippen LogP contribution >= 0.6 is 11.6 Å². The summed E-state index contributed by atoms with van der Waals surface area (Å²) < 4.78 is 6.13. The molecule has 0 radical (unpaired) electrons. The third kappa shape index (κ3) is 8.34. The second kappa shape index (κ2) is 14.4. The number of hydrogen-bond acceptors (Lipinski definition) is 4. The van der Waals surface area contributed by atoms with Gasteiger partial charge in [-0.05, 0) is 64.1 Å². The number of benzene rings is 5. The molecule has 5 rings (SSSR count). The van der Waals surface area contributed by atoms with Crippen LogP contribution in [-0.2, 0) is 16.8 Å². The minimum Gasteiger partial charge on any atom is -0.481 e. The van der Waals surface area contributed by atoms with Crippen LogP contribution in [0.5, 0.6) is 11.5 Å². The molecule has 0 spiro atoms. The van der Waals surface area contributed by atoms with E-state index in [1.807, 2.05) is 78.9 Å². The number of rotatable bonds is 11. The molecule has 0 aliphatic heterocycles. The Labute approximate surface area is 275 Å². The number of aliphatic carboxylic acids is 1. The van der Waals surface area contributed by atoms with Crippen molar-refractivity contribution in [2.75, 3.05) is 5.32 Å². The van der Waals surface area contributed by atoms with Gasteiger partial charge in [0, 0.05) is 22.8 Å². The van der Waals surface area contributed by atoms with Crippen LogP contribution in [0.25, 0.3) is 11.1 Å². The molecule has 0 fully saturated rings. The number of para-hydroxylation sites is 2. The van der Waals surface area contributed by atoms with Crippen LogP contribution < -0.4 is 15.4 Å². The highest BCUT2D eigenvalue weighted by Crippen LogP contribution is 2.34. The van der Waals surface area contributed by atoms with E-state index in [0.717, 1.165) is 22.4 Å². The minimum absolute atomic E-state index is 0.0570. The summed E-state index contributed by atoms with van der Waals surface area (Å²) in [6, 6.07) is 37.4. The molecule has 0 aliphatic carbocycles. The van der Waals surface area contributed by atoms with Gasteiger partial charge in [-0.2, -0.15) is 0 Å². The first-order valence-corrected chi connectivity index (χ1v) is 15.5. The topological polar surface area (TPSA) is 87.7 Å². The number of hydrogen-bond donors (Lipinski definition) is 3. The Balaban J connectivity index is 1.34. The summed E-state index contributed by atoms with van der Waals surface area (Å²) in [5.74, 6) is -0.0313. The van der Waals surface area contributed by atoms with E-state index in [9.17, 15) is 14.7 Å². The molecule has 1 atom stereocenters. The lowest BCUT2D eigenvalue weighted by atomic mass is 9.87. The van der Waals surface area contributed by atoms with Crippen molar-refractivity contribution in [3.63, 3.8) is 0 Å². The third-order valence-electron chi connectivity index (χ3n) is 7.70. The van der Waals surface area contributed by atoms with Crippen LogP contribution in [0.4, 0.5) is 5.69 Å². The highest BCUT2D eigenvalue weighted by molar-refractivity contribution is 6.31. The summed E-state index contributed by atoms with van der Waals surface area (Å²) >= 11 is 6.30. The number of carbonyl (C=O) groups is 2. The molecule has 0 aromatic heterocycles. The van der Waals surface area contributed by atoms with E-state index in [1.54, 1.807) is 18.2 Å². The Kier molecular flexibility index (Phi) is 10.1. The van der Waals surface area contributed by atoms with E-state index >= 15 is 0 Å². The van der Waals surface area contributed by atoms with Crippen LogP contribution in [0.1, 0.15) is 60.3 Å². The van der Waals surface area contributed by atoms with Gasteiger partial charge in [0.25, 0.3) is 5.91 Å². The van der Waals surface area contributed by atoms with Crippen LogP contribution in [0.15, 0.2) is 121 Å². The highest BCUT2D eigenvalue weighted by Gasteiger charge is 2.22. The van der Waals surface area contributed by atoms with Gasteiger partial charge < -0.3 is 20.5 Å². The van der Waals surface area contributed by atoms with Crippen molar-refractivity contribution in [1.82, 2.24) is 5.32 Å². The van der Waals surface area contributed by atoms with E-state index in [0.29, 0.717) is 34.1 Å². The highest BCUT2D eigenvalue weighted by atomic mass is 35.5. The minimum atomic E-state index is -1.03. The van der Waals surface area contributed by atoms with Crippen molar-refractivity contribution < 1.29 is 19.4 Å². The summed E-state index contributed by atoms with van der Waals surface area (Å²) in [4.78, 5) is 25.5. The second-order valence-corrected chi connectivity index (χ2v) is 12.6. The molecule has 0 aliphatic rings. The molecule has 0 saturated heterocycles. The molecule has 3 N–H and O–H groups in total. The number of anilines is 1. The summed E-state index contributed by atoms with van der Waals surface area (Å²) in [5, 5.41) is 16.4. The standard InChI is InChI=1S/C39H37ClN2O4/c1-39(2,3)29-19-13-26(14-20-29)25-41-34-22-21-30(40)23-33(34)38(45)42-35(24-37(43)44)28-17-15-27(16-18-28)32-11-7-8-12-36(32)46-31-9-5-4-6-10-31/h4-23,35,41H,24-25H2,1-3H3,(H,42,45)(H,43,44). The number of halogens is 1. The van der Waals surface area contributed by atoms with Gasteiger partial charge in [0.15, 0.2) is 0 Å². The SMILES string of the molecule is CC(C)(C)c1ccc(CNc2ccc(Cl)cc2C(=O)NC(CC(=O)O)c2ccc(-c3ccccc3Oc3ccccc3)cc2)cc1. The zero-order chi connectivity index (χ0) is 32.7. The summed E-state index contributed by atoms with van der Waals surface area (Å²) in [6.07, 6.45) is -0.289. The van der Waals surface area contributed by atoms with Crippen LogP contribution in [-0.4, -0.2) is 17.0 Å². The van der Waals surface area contributed by atoms with Gasteiger partial charge in [-0.1, -0.05) is 117 Å². The molecule has 5 aromatic carbocycles. The monoisotopic (exact) mass is 632 g/mol. The zero-order valence-electron chi connectivity index (χ0n) is 26.1. The largest absolute Gasteiger partial charge is 0.481 e. The second-order valence-electron chi connectivity index (χ2n) is 12.1. The smallest absolute Gasteiger partial charge is 0.305 e. The fourth-order valence-electron chi connectivity index (χ4n) is 5.15. The maximum absolute atomic E-state index is 13.6. The molecular formula is C39H37ClN2O4. The Bertz CT molecular complexity index is 1800. The Hall–Kier alpha value is -5.07. The maximum Gasteiger partial charge on any atom is 0.305 e. The lowest BCUT2D eigenvalue weighted by molar-refractivity contribution is -0.137. The lowest BCUT2D eigenvalue weighted by Crippen LogP contribution is -2.30. The van der Waals surface area contributed by atoms with Crippen molar-refractivity contribution in [3.05, 3.63) is 149 Å². The molecule has 6 nitrogen and oxygen atoms in total. The van der Waals surface area contributed by atoms with Crippen molar-refractivity contribution in [3.8, 4) is 22.6 Å². The first-order chi connectivity index (χ1) is 22.1. The molecule has 0 saturated carbocycles. The van der Waals surface area contributed by atoms with Gasteiger partial charge in [-0.3, -0.25) is 9.59 Å². The Morgan fingerprint density at radius 3 is 2.17 bits per heavy atom. The van der Waals surface area contributed by atoms with Crippen LogP contribution in [0, 0.1) is 0 Å². The number of carbonyl (C=O) groups excluding carboxylic acids is 1. The summed E-state index contributed by atoms with van der Waals surface area (Å²) in [6.45, 7) is 7.02. The Morgan fingerprint density at radius 2 is 1.50 bits per heavy atom. The number of ether oxygens (including phenoxy) is 1. The van der Waals surface area contributed by atoms with Crippen molar-refractivity contribution in [2.45, 2.75) is 45.2 Å². The van der Waals surface area contributed by atoms with Gasteiger partial charge in [-0.25, -0.2) is 0 Å². The molecular weight excluding hydrogens is 596 g/mol. The molecule has 7 heteroatoms. The van der Waals surface area contributed by atoms with E-state index in [2.05, 4.69) is 55.7 Å². The summed E-state index contributed by atoms with van der Waals surface area (Å²) in [7, 11) is 0. The van der Waals surface area contributed by atoms with E-state index in [4.69, 9.17) is 16.3 Å². The normalized spacial score (nSPS) is 11.8. The average Bonchev–Trinajstić information content (AvgIpc) is 3.04. The molecule has 46 heavy (non-hydrogen) atoms. The van der Waals surface area contributed by atoms with E-state index in [1.165, 1.54) is 5.56 Å². The third-order valence-corrected chi connectivity index (χ3v) is 7.93. The maximum atomic E-state index is 13.6. The molecule has 5 aromatic rings. The lowest BCUT2D eigenvalue weighted by Gasteiger charge is -2.20. The molecule has 234 valence electrons. The number of amides is 1. The van der Waals surface area contributed by atoms with Gasteiger partial charge >= 0.3 is 5.97 Å². The molecule has 0 heterocycles. The van der Waals surface area contributed by atoms with Gasteiger partial charge in [-0.15, -0.1) is 0 Å². The van der Waals surface area contributed by atoms with E-state index < -0.39 is 17.9 Å². The zero-order valence-corrected chi connectivity index (χ0v) is 26.8.